The lowest BCUT2D eigenvalue weighted by Crippen LogP contribution is -2.20. The van der Waals surface area contributed by atoms with Gasteiger partial charge in [0.15, 0.2) is 0 Å². The van der Waals surface area contributed by atoms with E-state index in [-0.39, 0.29) is 30.4 Å². The smallest absolute Gasteiger partial charge is 0.240 e. The number of nitrogens with zero attached hydrogens (tertiary/aromatic N) is 1. The van der Waals surface area contributed by atoms with Crippen molar-refractivity contribution < 1.29 is 14.7 Å². The first-order valence-electron chi connectivity index (χ1n) is 7.61. The molecule has 2 aromatic carbocycles. The van der Waals surface area contributed by atoms with Crippen molar-refractivity contribution in [2.24, 2.45) is 5.10 Å². The van der Waals surface area contributed by atoms with Crippen molar-refractivity contribution in [3.05, 3.63) is 58.6 Å². The Morgan fingerprint density at radius 2 is 1.80 bits per heavy atom. The lowest BCUT2D eigenvalue weighted by atomic mass is 10.2. The van der Waals surface area contributed by atoms with Crippen LogP contribution in [-0.4, -0.2) is 23.1 Å². The standard InChI is InChI=1S/C18H18ClN3O3/c1-12-15(19)3-2-4-16(12)21-17(24)9-10-18(25)22-20-11-13-5-7-14(23)8-6-13/h2-8,11,23H,9-10H2,1H3,(H,21,24)(H,22,25)/b20-11+. The normalized spacial score (nSPS) is 10.6. The van der Waals surface area contributed by atoms with Gasteiger partial charge in [0.1, 0.15) is 5.75 Å². The first-order valence-corrected chi connectivity index (χ1v) is 7.99. The molecule has 0 radical (unpaired) electrons. The summed E-state index contributed by atoms with van der Waals surface area (Å²) in [5.41, 5.74) is 4.49. The third-order valence-electron chi connectivity index (χ3n) is 3.42. The van der Waals surface area contributed by atoms with Crippen molar-refractivity contribution in [1.29, 1.82) is 0 Å². The average molecular weight is 360 g/mol. The van der Waals surface area contributed by atoms with Gasteiger partial charge in [0.05, 0.1) is 6.21 Å². The number of anilines is 1. The molecular weight excluding hydrogens is 342 g/mol. The van der Waals surface area contributed by atoms with Crippen LogP contribution in [0.3, 0.4) is 0 Å². The second-order valence-corrected chi connectivity index (χ2v) is 5.75. The van der Waals surface area contributed by atoms with Gasteiger partial charge < -0.3 is 10.4 Å². The molecule has 130 valence electrons. The van der Waals surface area contributed by atoms with Crippen LogP contribution in [0.4, 0.5) is 5.69 Å². The minimum absolute atomic E-state index is 0.0123. The van der Waals surface area contributed by atoms with Gasteiger partial charge in [-0.1, -0.05) is 17.7 Å². The summed E-state index contributed by atoms with van der Waals surface area (Å²) in [6, 6.07) is 11.6. The largest absolute Gasteiger partial charge is 0.508 e. The van der Waals surface area contributed by atoms with Crippen molar-refractivity contribution in [1.82, 2.24) is 5.43 Å². The third-order valence-corrected chi connectivity index (χ3v) is 3.83. The molecule has 0 aliphatic rings. The zero-order valence-corrected chi connectivity index (χ0v) is 14.4. The minimum Gasteiger partial charge on any atom is -0.508 e. The highest BCUT2D eigenvalue weighted by Gasteiger charge is 2.09. The van der Waals surface area contributed by atoms with E-state index in [0.717, 1.165) is 11.1 Å². The average Bonchev–Trinajstić information content (AvgIpc) is 2.59. The summed E-state index contributed by atoms with van der Waals surface area (Å²) < 4.78 is 0. The molecule has 0 bridgehead atoms. The van der Waals surface area contributed by atoms with Gasteiger partial charge in [0, 0.05) is 23.6 Å². The Morgan fingerprint density at radius 3 is 2.52 bits per heavy atom. The van der Waals surface area contributed by atoms with Crippen LogP contribution in [-0.2, 0) is 9.59 Å². The SMILES string of the molecule is Cc1c(Cl)cccc1NC(=O)CCC(=O)N/N=C/c1ccc(O)cc1. The summed E-state index contributed by atoms with van der Waals surface area (Å²) >= 11 is 6.00. The zero-order chi connectivity index (χ0) is 18.2. The number of hydrazone groups is 1. The van der Waals surface area contributed by atoms with E-state index in [9.17, 15) is 14.7 Å². The van der Waals surface area contributed by atoms with E-state index >= 15 is 0 Å². The third kappa shape index (κ3) is 5.93. The highest BCUT2D eigenvalue weighted by atomic mass is 35.5. The number of carbonyl (C=O) groups excluding carboxylic acids is 2. The monoisotopic (exact) mass is 359 g/mol. The van der Waals surface area contributed by atoms with Crippen molar-refractivity contribution in [3.63, 3.8) is 0 Å². The molecular formula is C18H18ClN3O3. The van der Waals surface area contributed by atoms with Crippen LogP contribution in [0.1, 0.15) is 24.0 Å². The van der Waals surface area contributed by atoms with Gasteiger partial charge in [-0.3, -0.25) is 9.59 Å². The molecule has 0 unspecified atom stereocenters. The van der Waals surface area contributed by atoms with Gasteiger partial charge in [-0.2, -0.15) is 5.10 Å². The highest BCUT2D eigenvalue weighted by Crippen LogP contribution is 2.23. The predicted molar refractivity (Wildman–Crippen MR) is 97.9 cm³/mol. The number of hydrogen-bond donors (Lipinski definition) is 3. The maximum atomic E-state index is 11.9. The van der Waals surface area contributed by atoms with E-state index in [1.807, 2.05) is 6.92 Å². The summed E-state index contributed by atoms with van der Waals surface area (Å²) in [6.07, 6.45) is 1.50. The van der Waals surface area contributed by atoms with E-state index in [4.69, 9.17) is 11.6 Å². The number of carbonyl (C=O) groups is 2. The van der Waals surface area contributed by atoms with Gasteiger partial charge >= 0.3 is 0 Å². The van der Waals surface area contributed by atoms with Crippen LogP contribution in [0, 0.1) is 6.92 Å². The molecule has 0 aromatic heterocycles. The minimum atomic E-state index is -0.368. The molecule has 0 saturated heterocycles. The Kier molecular flexibility index (Phi) is 6.54. The molecule has 2 amide bonds. The lowest BCUT2D eigenvalue weighted by Gasteiger charge is -2.09. The molecule has 2 rings (SSSR count). The van der Waals surface area contributed by atoms with Crippen LogP contribution >= 0.6 is 11.6 Å². The molecule has 0 spiro atoms. The first-order chi connectivity index (χ1) is 12.0. The van der Waals surface area contributed by atoms with E-state index in [1.165, 1.54) is 18.3 Å². The Bertz CT molecular complexity index is 789. The molecule has 0 heterocycles. The Hall–Kier alpha value is -2.86. The van der Waals surface area contributed by atoms with Crippen LogP contribution in [0.5, 0.6) is 5.75 Å². The number of halogens is 1. The second-order valence-electron chi connectivity index (χ2n) is 5.35. The van der Waals surface area contributed by atoms with Gasteiger partial charge in [0.25, 0.3) is 0 Å². The van der Waals surface area contributed by atoms with Crippen molar-refractivity contribution in [3.8, 4) is 5.75 Å². The molecule has 0 atom stereocenters. The fraction of sp³-hybridized carbons (Fsp3) is 0.167. The fourth-order valence-electron chi connectivity index (χ4n) is 1.98. The van der Waals surface area contributed by atoms with Crippen molar-refractivity contribution in [2.45, 2.75) is 19.8 Å². The zero-order valence-electron chi connectivity index (χ0n) is 13.6. The Balaban J connectivity index is 1.76. The Morgan fingerprint density at radius 1 is 1.12 bits per heavy atom. The maximum absolute atomic E-state index is 11.9. The topological polar surface area (TPSA) is 90.8 Å². The summed E-state index contributed by atoms with van der Waals surface area (Å²) in [7, 11) is 0. The summed E-state index contributed by atoms with van der Waals surface area (Å²) in [5.74, 6) is -0.488. The molecule has 3 N–H and O–H groups in total. The number of rotatable bonds is 6. The van der Waals surface area contributed by atoms with Crippen molar-refractivity contribution in [2.75, 3.05) is 5.32 Å². The summed E-state index contributed by atoms with van der Waals surface area (Å²) in [4.78, 5) is 23.6. The molecule has 0 saturated carbocycles. The number of nitrogens with one attached hydrogen (secondary N) is 2. The second kappa shape index (κ2) is 8.84. The van der Waals surface area contributed by atoms with Gasteiger partial charge in [-0.05, 0) is 54.4 Å². The molecule has 0 aliphatic heterocycles. The van der Waals surface area contributed by atoms with E-state index in [1.54, 1.807) is 30.3 Å². The molecule has 0 fully saturated rings. The number of phenolic OH excluding ortho intramolecular Hbond substituents is 1. The van der Waals surface area contributed by atoms with Crippen LogP contribution in [0.15, 0.2) is 47.6 Å². The fourth-order valence-corrected chi connectivity index (χ4v) is 2.15. The summed E-state index contributed by atoms with van der Waals surface area (Å²) in [6.45, 7) is 1.81. The van der Waals surface area contributed by atoms with Gasteiger partial charge in [-0.25, -0.2) is 5.43 Å². The number of aromatic hydroxyl groups is 1. The Labute approximate surface area is 150 Å². The number of hydrogen-bond acceptors (Lipinski definition) is 4. The van der Waals surface area contributed by atoms with E-state index in [2.05, 4.69) is 15.8 Å². The molecule has 25 heavy (non-hydrogen) atoms. The van der Waals surface area contributed by atoms with Gasteiger partial charge in [-0.15, -0.1) is 0 Å². The highest BCUT2D eigenvalue weighted by molar-refractivity contribution is 6.31. The molecule has 6 nitrogen and oxygen atoms in total. The maximum Gasteiger partial charge on any atom is 0.240 e. The lowest BCUT2D eigenvalue weighted by molar-refractivity contribution is -0.124. The van der Waals surface area contributed by atoms with E-state index in [0.29, 0.717) is 10.7 Å². The molecule has 0 aliphatic carbocycles. The number of phenols is 1. The first kappa shape index (κ1) is 18.5. The van der Waals surface area contributed by atoms with Crippen LogP contribution < -0.4 is 10.7 Å². The summed E-state index contributed by atoms with van der Waals surface area (Å²) in [5, 5.41) is 16.3. The predicted octanol–water partition coefficient (Wildman–Crippen LogP) is 3.22. The molecule has 7 heteroatoms. The van der Waals surface area contributed by atoms with Crippen LogP contribution in [0.25, 0.3) is 0 Å². The number of amides is 2. The van der Waals surface area contributed by atoms with E-state index < -0.39 is 0 Å². The number of benzene rings is 2. The van der Waals surface area contributed by atoms with Gasteiger partial charge in [0.2, 0.25) is 11.8 Å². The van der Waals surface area contributed by atoms with Crippen molar-refractivity contribution >= 4 is 35.3 Å². The quantitative estimate of drug-likeness (QED) is 0.546. The van der Waals surface area contributed by atoms with Crippen LogP contribution in [0.2, 0.25) is 5.02 Å². The molecule has 2 aromatic rings.